The van der Waals surface area contributed by atoms with Crippen molar-refractivity contribution in [2.75, 3.05) is 12.3 Å². The van der Waals surface area contributed by atoms with Gasteiger partial charge in [-0.2, -0.15) is 4.98 Å². The quantitative estimate of drug-likeness (QED) is 0.706. The van der Waals surface area contributed by atoms with E-state index in [9.17, 15) is 4.79 Å². The van der Waals surface area contributed by atoms with Crippen molar-refractivity contribution < 1.29 is 14.1 Å². The minimum absolute atomic E-state index is 0.0777. The van der Waals surface area contributed by atoms with E-state index in [1.54, 1.807) is 25.3 Å². The molecule has 8 nitrogen and oxygen atoms in total. The number of pyridine rings is 1. The Morgan fingerprint density at radius 1 is 1.23 bits per heavy atom. The highest BCUT2D eigenvalue weighted by molar-refractivity contribution is 6.00. The largest absolute Gasteiger partial charge is 0.472 e. The average Bonchev–Trinajstić information content (AvgIpc) is 3.18. The van der Waals surface area contributed by atoms with Gasteiger partial charge in [-0.25, -0.2) is 4.98 Å². The van der Waals surface area contributed by atoms with Gasteiger partial charge in [-0.05, 0) is 38.8 Å². The number of aryl methyl sites for hydroxylation is 1. The van der Waals surface area contributed by atoms with Crippen LogP contribution in [-0.2, 0) is 0 Å². The maximum absolute atomic E-state index is 13.5. The number of nitrogens with zero attached hydrogens (tertiary/aromatic N) is 4. The van der Waals surface area contributed by atoms with Crippen molar-refractivity contribution in [2.45, 2.75) is 45.8 Å². The first-order valence-corrected chi connectivity index (χ1v) is 10.0. The summed E-state index contributed by atoms with van der Waals surface area (Å²) in [5.74, 6) is 1.31. The summed E-state index contributed by atoms with van der Waals surface area (Å²) in [6.07, 6.45) is 3.15. The summed E-state index contributed by atoms with van der Waals surface area (Å²) < 4.78 is 11.2. The Morgan fingerprint density at radius 2 is 2.03 bits per heavy atom. The fraction of sp³-hybridized carbons (Fsp3) is 0.364. The van der Waals surface area contributed by atoms with Crippen molar-refractivity contribution >= 4 is 11.6 Å². The summed E-state index contributed by atoms with van der Waals surface area (Å²) in [4.78, 5) is 23.9. The van der Waals surface area contributed by atoms with Gasteiger partial charge in [0.1, 0.15) is 6.10 Å². The van der Waals surface area contributed by atoms with Crippen LogP contribution in [0.2, 0.25) is 0 Å². The molecule has 3 aromatic rings. The van der Waals surface area contributed by atoms with Gasteiger partial charge in [0.15, 0.2) is 0 Å². The third kappa shape index (κ3) is 3.85. The van der Waals surface area contributed by atoms with E-state index < -0.39 is 0 Å². The number of piperidine rings is 1. The van der Waals surface area contributed by atoms with Crippen molar-refractivity contribution in [3.63, 3.8) is 0 Å². The number of aromatic nitrogens is 3. The van der Waals surface area contributed by atoms with Gasteiger partial charge in [0.2, 0.25) is 17.6 Å². The molecule has 0 spiro atoms. The van der Waals surface area contributed by atoms with Crippen LogP contribution in [-0.4, -0.2) is 44.6 Å². The van der Waals surface area contributed by atoms with E-state index in [-0.39, 0.29) is 18.1 Å². The fourth-order valence-corrected chi connectivity index (χ4v) is 3.69. The normalized spacial score (nSPS) is 19.0. The van der Waals surface area contributed by atoms with Crippen LogP contribution in [0.5, 0.6) is 5.88 Å². The zero-order valence-corrected chi connectivity index (χ0v) is 17.3. The second-order valence-corrected chi connectivity index (χ2v) is 7.64. The van der Waals surface area contributed by atoms with Crippen molar-refractivity contribution in [3.8, 4) is 17.3 Å². The highest BCUT2D eigenvalue weighted by Gasteiger charge is 2.32. The van der Waals surface area contributed by atoms with E-state index in [1.165, 1.54) is 0 Å². The lowest BCUT2D eigenvalue weighted by molar-refractivity contribution is 0.0372. The van der Waals surface area contributed by atoms with E-state index in [2.05, 4.69) is 22.0 Å². The van der Waals surface area contributed by atoms with Crippen LogP contribution >= 0.6 is 0 Å². The minimum atomic E-state index is -0.155. The van der Waals surface area contributed by atoms with E-state index >= 15 is 0 Å². The number of anilines is 1. The first-order valence-electron chi connectivity index (χ1n) is 10.0. The lowest BCUT2D eigenvalue weighted by Gasteiger charge is -2.38. The van der Waals surface area contributed by atoms with Crippen LogP contribution in [0.1, 0.15) is 41.6 Å². The topological polar surface area (TPSA) is 107 Å². The summed E-state index contributed by atoms with van der Waals surface area (Å²) in [6, 6.07) is 9.17. The Hall–Kier alpha value is -3.42. The summed E-state index contributed by atoms with van der Waals surface area (Å²) in [5.41, 5.74) is 8.62. The smallest absolute Gasteiger partial charge is 0.254 e. The standard InChI is InChI=1S/C22H25N5O3/c1-13-8-9-16(29-21-14(2)19(23)10-11-24-21)12-27(13)22(28)18-7-5-4-6-17(18)20-25-15(3)30-26-20/h4-7,10-11,13,16H,8-9,12H2,1-3H3,(H2,23,24). The molecule has 1 aliphatic heterocycles. The number of nitrogens with two attached hydrogens (primary N) is 1. The van der Waals surface area contributed by atoms with Crippen LogP contribution in [0, 0.1) is 13.8 Å². The van der Waals surface area contributed by atoms with Crippen molar-refractivity contribution in [1.82, 2.24) is 20.0 Å². The van der Waals surface area contributed by atoms with Crippen LogP contribution in [0.4, 0.5) is 5.69 Å². The molecule has 0 saturated carbocycles. The third-order valence-electron chi connectivity index (χ3n) is 5.50. The lowest BCUT2D eigenvalue weighted by atomic mass is 9.98. The third-order valence-corrected chi connectivity index (χ3v) is 5.50. The molecule has 4 rings (SSSR count). The summed E-state index contributed by atoms with van der Waals surface area (Å²) in [7, 11) is 0. The van der Waals surface area contributed by atoms with E-state index in [0.29, 0.717) is 41.0 Å². The number of nitrogen functional groups attached to an aromatic ring is 1. The first-order chi connectivity index (χ1) is 14.4. The maximum Gasteiger partial charge on any atom is 0.254 e. The molecule has 0 bridgehead atoms. The number of benzene rings is 1. The molecule has 8 heteroatoms. The Labute approximate surface area is 175 Å². The van der Waals surface area contributed by atoms with Crippen LogP contribution < -0.4 is 10.5 Å². The Kier molecular flexibility index (Phi) is 5.39. The van der Waals surface area contributed by atoms with Crippen molar-refractivity contribution in [2.24, 2.45) is 0 Å². The van der Waals surface area contributed by atoms with Crippen LogP contribution in [0.15, 0.2) is 41.1 Å². The maximum atomic E-state index is 13.5. The highest BCUT2D eigenvalue weighted by Crippen LogP contribution is 2.28. The second-order valence-electron chi connectivity index (χ2n) is 7.64. The van der Waals surface area contributed by atoms with Gasteiger partial charge < -0.3 is 19.9 Å². The van der Waals surface area contributed by atoms with Gasteiger partial charge >= 0.3 is 0 Å². The molecule has 30 heavy (non-hydrogen) atoms. The van der Waals surface area contributed by atoms with Gasteiger partial charge in [-0.15, -0.1) is 0 Å². The zero-order chi connectivity index (χ0) is 21.3. The molecule has 0 radical (unpaired) electrons. The summed E-state index contributed by atoms with van der Waals surface area (Å²) in [5, 5.41) is 3.98. The monoisotopic (exact) mass is 407 g/mol. The molecule has 156 valence electrons. The number of rotatable bonds is 4. The van der Waals surface area contributed by atoms with E-state index in [1.807, 2.05) is 30.0 Å². The number of amides is 1. The number of carbonyl (C=O) groups is 1. The minimum Gasteiger partial charge on any atom is -0.472 e. The second kappa shape index (κ2) is 8.14. The highest BCUT2D eigenvalue weighted by atomic mass is 16.5. The van der Waals surface area contributed by atoms with Crippen molar-refractivity contribution in [3.05, 3.63) is 53.5 Å². The molecule has 2 N–H and O–H groups in total. The number of likely N-dealkylation sites (tertiary alicyclic amines) is 1. The predicted molar refractivity (Wildman–Crippen MR) is 112 cm³/mol. The van der Waals surface area contributed by atoms with E-state index in [0.717, 1.165) is 18.4 Å². The Bertz CT molecular complexity index is 1060. The lowest BCUT2D eigenvalue weighted by Crippen LogP contribution is -2.49. The van der Waals surface area contributed by atoms with Gasteiger partial charge in [-0.1, -0.05) is 23.4 Å². The molecule has 1 fully saturated rings. The SMILES string of the molecule is Cc1nc(-c2ccccc2C(=O)N2CC(Oc3nccc(N)c3C)CCC2C)no1. The first kappa shape index (κ1) is 19.9. The number of hydrogen-bond acceptors (Lipinski definition) is 7. The molecule has 0 aliphatic carbocycles. The molecule has 3 heterocycles. The van der Waals surface area contributed by atoms with Crippen LogP contribution in [0.3, 0.4) is 0 Å². The number of ether oxygens (including phenoxy) is 1. The average molecular weight is 407 g/mol. The summed E-state index contributed by atoms with van der Waals surface area (Å²) >= 11 is 0. The molecule has 2 unspecified atom stereocenters. The fourth-order valence-electron chi connectivity index (χ4n) is 3.69. The molecule has 2 aromatic heterocycles. The van der Waals surface area contributed by atoms with Gasteiger partial charge in [0.25, 0.3) is 5.91 Å². The predicted octanol–water partition coefficient (Wildman–Crippen LogP) is 3.40. The number of hydrogen-bond donors (Lipinski definition) is 1. The van der Waals surface area contributed by atoms with Gasteiger partial charge in [0, 0.05) is 36.0 Å². The molecule has 1 saturated heterocycles. The zero-order valence-electron chi connectivity index (χ0n) is 17.3. The molecule has 1 amide bonds. The van der Waals surface area contributed by atoms with Gasteiger partial charge in [0.05, 0.1) is 12.1 Å². The van der Waals surface area contributed by atoms with Gasteiger partial charge in [-0.3, -0.25) is 4.79 Å². The van der Waals surface area contributed by atoms with Crippen molar-refractivity contribution in [1.29, 1.82) is 0 Å². The molecule has 1 aliphatic rings. The summed E-state index contributed by atoms with van der Waals surface area (Å²) in [6.45, 7) is 6.13. The Morgan fingerprint density at radius 3 is 2.80 bits per heavy atom. The molecule has 2 atom stereocenters. The van der Waals surface area contributed by atoms with E-state index in [4.69, 9.17) is 15.0 Å². The van der Waals surface area contributed by atoms with Crippen LogP contribution in [0.25, 0.3) is 11.4 Å². The molecular weight excluding hydrogens is 382 g/mol. The Balaban J connectivity index is 1.57. The number of carbonyl (C=O) groups excluding carboxylic acids is 1. The molecular formula is C22H25N5O3. The molecule has 1 aromatic carbocycles.